The van der Waals surface area contributed by atoms with Crippen LogP contribution in [0.3, 0.4) is 0 Å². The molecule has 1 saturated carbocycles. The van der Waals surface area contributed by atoms with Gasteiger partial charge in [-0.05, 0) is 43.4 Å². The molecule has 2 aromatic rings. The molecule has 2 aliphatic rings. The van der Waals surface area contributed by atoms with Gasteiger partial charge < -0.3 is 10.2 Å². The van der Waals surface area contributed by atoms with Crippen LogP contribution in [0.15, 0.2) is 30.3 Å². The Morgan fingerprint density at radius 2 is 1.92 bits per heavy atom. The summed E-state index contributed by atoms with van der Waals surface area (Å²) in [6, 6.07) is 9.89. The van der Waals surface area contributed by atoms with E-state index in [0.29, 0.717) is 17.4 Å². The number of nitrogens with one attached hydrogen (secondary N) is 2. The molecule has 1 saturated heterocycles. The number of carbonyl (C=O) groups is 1. The zero-order chi connectivity index (χ0) is 17.2. The lowest BCUT2D eigenvalue weighted by Crippen LogP contribution is -2.45. The van der Waals surface area contributed by atoms with E-state index < -0.39 is 0 Å². The molecule has 1 aromatic heterocycles. The normalized spacial score (nSPS) is 18.4. The third-order valence-corrected chi connectivity index (χ3v) is 5.32. The standard InChI is InChI=1S/C19H23ClN4O/c20-15-5-1-13(2-6-15)11-19(25)21-16-7-9-24(10-8-16)18-12-17(22-23-18)14-3-4-14/h1-2,5-6,12,14,16H,3-4,7-11H2,(H,21,25)(H,22,23). The summed E-state index contributed by atoms with van der Waals surface area (Å²) in [6.45, 7) is 1.86. The lowest BCUT2D eigenvalue weighted by Gasteiger charge is -2.32. The van der Waals surface area contributed by atoms with Crippen molar-refractivity contribution in [2.24, 2.45) is 0 Å². The largest absolute Gasteiger partial charge is 0.355 e. The molecule has 132 valence electrons. The molecular weight excluding hydrogens is 336 g/mol. The summed E-state index contributed by atoms with van der Waals surface area (Å²) >= 11 is 5.88. The van der Waals surface area contributed by atoms with E-state index in [4.69, 9.17) is 11.6 Å². The van der Waals surface area contributed by atoms with Gasteiger partial charge in [-0.3, -0.25) is 9.89 Å². The van der Waals surface area contributed by atoms with Gasteiger partial charge in [-0.15, -0.1) is 0 Å². The number of piperidine rings is 1. The van der Waals surface area contributed by atoms with Crippen LogP contribution in [0.1, 0.15) is 42.9 Å². The lowest BCUT2D eigenvalue weighted by molar-refractivity contribution is -0.121. The highest BCUT2D eigenvalue weighted by Gasteiger charge is 2.27. The Labute approximate surface area is 152 Å². The van der Waals surface area contributed by atoms with Crippen molar-refractivity contribution in [2.45, 2.75) is 44.1 Å². The molecule has 6 heteroatoms. The first-order valence-electron chi connectivity index (χ1n) is 9.01. The van der Waals surface area contributed by atoms with Gasteiger partial charge in [0.25, 0.3) is 0 Å². The molecule has 1 amide bonds. The molecule has 4 rings (SSSR count). The van der Waals surface area contributed by atoms with E-state index in [2.05, 4.69) is 26.5 Å². The zero-order valence-corrected chi connectivity index (χ0v) is 14.9. The van der Waals surface area contributed by atoms with Gasteiger partial charge in [0.05, 0.1) is 6.42 Å². The summed E-state index contributed by atoms with van der Waals surface area (Å²) in [5, 5.41) is 11.5. The van der Waals surface area contributed by atoms with E-state index >= 15 is 0 Å². The molecule has 1 aromatic carbocycles. The number of carbonyl (C=O) groups excluding carboxylic acids is 1. The minimum atomic E-state index is 0.0801. The van der Waals surface area contributed by atoms with E-state index in [9.17, 15) is 4.79 Å². The Bertz CT molecular complexity index is 730. The first-order valence-corrected chi connectivity index (χ1v) is 9.39. The van der Waals surface area contributed by atoms with Crippen molar-refractivity contribution < 1.29 is 4.79 Å². The fourth-order valence-electron chi connectivity index (χ4n) is 3.41. The van der Waals surface area contributed by atoms with Crippen LogP contribution < -0.4 is 10.2 Å². The van der Waals surface area contributed by atoms with Crippen LogP contribution in [0.25, 0.3) is 0 Å². The summed E-state index contributed by atoms with van der Waals surface area (Å²) in [7, 11) is 0. The molecule has 2 heterocycles. The lowest BCUT2D eigenvalue weighted by atomic mass is 10.0. The summed E-state index contributed by atoms with van der Waals surface area (Å²) in [6.07, 6.45) is 4.88. The van der Waals surface area contributed by atoms with Crippen molar-refractivity contribution >= 4 is 23.3 Å². The van der Waals surface area contributed by atoms with Crippen molar-refractivity contribution in [1.29, 1.82) is 0 Å². The Kier molecular flexibility index (Phi) is 4.66. The van der Waals surface area contributed by atoms with E-state index in [1.165, 1.54) is 18.5 Å². The Morgan fingerprint density at radius 3 is 2.60 bits per heavy atom. The second-order valence-electron chi connectivity index (χ2n) is 7.09. The monoisotopic (exact) mass is 358 g/mol. The minimum absolute atomic E-state index is 0.0801. The fourth-order valence-corrected chi connectivity index (χ4v) is 3.54. The van der Waals surface area contributed by atoms with Gasteiger partial charge >= 0.3 is 0 Å². The number of rotatable bonds is 5. The number of hydrogen-bond donors (Lipinski definition) is 2. The average molecular weight is 359 g/mol. The molecule has 2 fully saturated rings. The zero-order valence-electron chi connectivity index (χ0n) is 14.2. The SMILES string of the molecule is O=C(Cc1ccc(Cl)cc1)NC1CCN(c2cc(C3CC3)[nH]n2)CC1. The maximum atomic E-state index is 12.2. The summed E-state index contributed by atoms with van der Waals surface area (Å²) in [4.78, 5) is 14.5. The summed E-state index contributed by atoms with van der Waals surface area (Å²) in [5.41, 5.74) is 2.26. The first-order chi connectivity index (χ1) is 12.2. The topological polar surface area (TPSA) is 61.0 Å². The van der Waals surface area contributed by atoms with Crippen LogP contribution in [0.4, 0.5) is 5.82 Å². The molecule has 0 spiro atoms. The molecular formula is C19H23ClN4O. The molecule has 0 atom stereocenters. The summed E-state index contributed by atoms with van der Waals surface area (Å²) in [5.74, 6) is 1.83. The van der Waals surface area contributed by atoms with E-state index in [0.717, 1.165) is 37.3 Å². The second kappa shape index (κ2) is 7.08. The maximum Gasteiger partial charge on any atom is 0.224 e. The molecule has 0 radical (unpaired) electrons. The summed E-state index contributed by atoms with van der Waals surface area (Å²) < 4.78 is 0. The number of aromatic amines is 1. The van der Waals surface area contributed by atoms with Crippen molar-refractivity contribution in [1.82, 2.24) is 15.5 Å². The number of aromatic nitrogens is 2. The molecule has 5 nitrogen and oxygen atoms in total. The van der Waals surface area contributed by atoms with Gasteiger partial charge in [0.2, 0.25) is 5.91 Å². The molecule has 25 heavy (non-hydrogen) atoms. The highest BCUT2D eigenvalue weighted by molar-refractivity contribution is 6.30. The molecule has 1 aliphatic carbocycles. The Morgan fingerprint density at radius 1 is 1.20 bits per heavy atom. The number of benzene rings is 1. The third-order valence-electron chi connectivity index (χ3n) is 5.06. The predicted molar refractivity (Wildman–Crippen MR) is 99.1 cm³/mol. The second-order valence-corrected chi connectivity index (χ2v) is 7.52. The Hall–Kier alpha value is -2.01. The van der Waals surface area contributed by atoms with Crippen LogP contribution in [0.5, 0.6) is 0 Å². The molecule has 2 N–H and O–H groups in total. The van der Waals surface area contributed by atoms with Crippen LogP contribution >= 0.6 is 11.6 Å². The van der Waals surface area contributed by atoms with Crippen molar-refractivity contribution in [2.75, 3.05) is 18.0 Å². The predicted octanol–water partition coefficient (Wildman–Crippen LogP) is 3.27. The minimum Gasteiger partial charge on any atom is -0.355 e. The van der Waals surface area contributed by atoms with Crippen molar-refractivity contribution in [3.8, 4) is 0 Å². The van der Waals surface area contributed by atoms with Gasteiger partial charge in [-0.25, -0.2) is 0 Å². The number of hydrogen-bond acceptors (Lipinski definition) is 3. The smallest absolute Gasteiger partial charge is 0.224 e. The quantitative estimate of drug-likeness (QED) is 0.862. The average Bonchev–Trinajstić information content (AvgIpc) is 3.35. The number of nitrogens with zero attached hydrogens (tertiary/aromatic N) is 2. The van der Waals surface area contributed by atoms with E-state index in [1.807, 2.05) is 24.3 Å². The molecule has 0 unspecified atom stereocenters. The highest BCUT2D eigenvalue weighted by atomic mass is 35.5. The number of amides is 1. The van der Waals surface area contributed by atoms with Gasteiger partial charge in [0.1, 0.15) is 0 Å². The van der Waals surface area contributed by atoms with Gasteiger partial charge in [-0.1, -0.05) is 23.7 Å². The van der Waals surface area contributed by atoms with E-state index in [1.54, 1.807) is 0 Å². The Balaban J connectivity index is 1.25. The van der Waals surface area contributed by atoms with Crippen LogP contribution in [-0.2, 0) is 11.2 Å². The number of halogens is 1. The molecule has 1 aliphatic heterocycles. The van der Waals surface area contributed by atoms with Crippen molar-refractivity contribution in [3.05, 3.63) is 46.6 Å². The first kappa shape index (κ1) is 16.5. The highest BCUT2D eigenvalue weighted by Crippen LogP contribution is 2.40. The molecule has 0 bridgehead atoms. The number of anilines is 1. The van der Waals surface area contributed by atoms with Crippen LogP contribution in [-0.4, -0.2) is 35.2 Å². The van der Waals surface area contributed by atoms with Gasteiger partial charge in [0, 0.05) is 41.8 Å². The van der Waals surface area contributed by atoms with Gasteiger partial charge in [0.15, 0.2) is 5.82 Å². The number of H-pyrrole nitrogens is 1. The van der Waals surface area contributed by atoms with Crippen molar-refractivity contribution in [3.63, 3.8) is 0 Å². The third kappa shape index (κ3) is 4.15. The van der Waals surface area contributed by atoms with Crippen LogP contribution in [0.2, 0.25) is 5.02 Å². The maximum absolute atomic E-state index is 12.2. The van der Waals surface area contributed by atoms with Crippen LogP contribution in [0, 0.1) is 0 Å². The van der Waals surface area contributed by atoms with Gasteiger partial charge in [-0.2, -0.15) is 5.10 Å². The van der Waals surface area contributed by atoms with E-state index in [-0.39, 0.29) is 11.9 Å². The fraction of sp³-hybridized carbons (Fsp3) is 0.474.